The summed E-state index contributed by atoms with van der Waals surface area (Å²) in [6.07, 6.45) is -2.91. The number of alkyl halides is 3. The molecule has 0 unspecified atom stereocenters. The molecule has 0 radical (unpaired) electrons. The Morgan fingerprint density at radius 1 is 1.29 bits per heavy atom. The maximum absolute atomic E-state index is 12.7. The number of hydrogen-bond acceptors (Lipinski definition) is 2. The highest BCUT2D eigenvalue weighted by Gasteiger charge is 2.35. The molecule has 0 spiro atoms. The SMILES string of the molecule is O=C([C@@H]1CCCNC1)N(Cc1ccccc1)CC(F)(F)F. The van der Waals surface area contributed by atoms with E-state index in [4.69, 9.17) is 0 Å². The summed E-state index contributed by atoms with van der Waals surface area (Å²) in [6, 6.07) is 8.78. The molecule has 2 rings (SSSR count). The Labute approximate surface area is 122 Å². The first kappa shape index (κ1) is 15.8. The van der Waals surface area contributed by atoms with Gasteiger partial charge < -0.3 is 10.2 Å². The van der Waals surface area contributed by atoms with Gasteiger partial charge in [0.1, 0.15) is 6.54 Å². The molecule has 1 aliphatic heterocycles. The van der Waals surface area contributed by atoms with Crippen LogP contribution in [-0.4, -0.2) is 36.6 Å². The lowest BCUT2D eigenvalue weighted by molar-refractivity contribution is -0.165. The monoisotopic (exact) mass is 300 g/mol. The lowest BCUT2D eigenvalue weighted by atomic mass is 9.98. The van der Waals surface area contributed by atoms with E-state index in [0.29, 0.717) is 18.5 Å². The van der Waals surface area contributed by atoms with Crippen molar-refractivity contribution in [2.45, 2.75) is 25.6 Å². The van der Waals surface area contributed by atoms with E-state index < -0.39 is 18.6 Å². The van der Waals surface area contributed by atoms with Gasteiger partial charge >= 0.3 is 6.18 Å². The van der Waals surface area contributed by atoms with E-state index in [1.807, 2.05) is 0 Å². The predicted octanol–water partition coefficient (Wildman–Crippen LogP) is 2.58. The van der Waals surface area contributed by atoms with Gasteiger partial charge in [-0.15, -0.1) is 0 Å². The molecule has 1 heterocycles. The molecule has 6 heteroatoms. The smallest absolute Gasteiger partial charge is 0.329 e. The number of halogens is 3. The molecule has 0 aliphatic carbocycles. The van der Waals surface area contributed by atoms with Gasteiger partial charge in [0, 0.05) is 13.1 Å². The van der Waals surface area contributed by atoms with Crippen molar-refractivity contribution in [1.82, 2.24) is 10.2 Å². The van der Waals surface area contributed by atoms with Crippen molar-refractivity contribution in [3.8, 4) is 0 Å². The van der Waals surface area contributed by atoms with Crippen molar-refractivity contribution in [1.29, 1.82) is 0 Å². The first-order valence-corrected chi connectivity index (χ1v) is 7.06. The van der Waals surface area contributed by atoms with E-state index in [1.165, 1.54) is 0 Å². The van der Waals surface area contributed by atoms with Crippen LogP contribution in [0.1, 0.15) is 18.4 Å². The number of amides is 1. The Morgan fingerprint density at radius 2 is 2.00 bits per heavy atom. The van der Waals surface area contributed by atoms with Gasteiger partial charge in [0.15, 0.2) is 0 Å². The van der Waals surface area contributed by atoms with Crippen LogP contribution in [0, 0.1) is 5.92 Å². The molecule has 0 bridgehead atoms. The molecule has 21 heavy (non-hydrogen) atoms. The highest BCUT2D eigenvalue weighted by Crippen LogP contribution is 2.22. The van der Waals surface area contributed by atoms with Crippen LogP contribution >= 0.6 is 0 Å². The summed E-state index contributed by atoms with van der Waals surface area (Å²) < 4.78 is 38.2. The predicted molar refractivity (Wildman–Crippen MR) is 73.5 cm³/mol. The van der Waals surface area contributed by atoms with Crippen molar-refractivity contribution in [3.63, 3.8) is 0 Å². The Kier molecular flexibility index (Phi) is 5.22. The van der Waals surface area contributed by atoms with Gasteiger partial charge in [-0.3, -0.25) is 4.79 Å². The number of rotatable bonds is 4. The van der Waals surface area contributed by atoms with Gasteiger partial charge in [-0.05, 0) is 24.9 Å². The summed E-state index contributed by atoms with van der Waals surface area (Å²) in [5.41, 5.74) is 0.707. The third-order valence-corrected chi connectivity index (χ3v) is 3.54. The van der Waals surface area contributed by atoms with Gasteiger partial charge in [-0.25, -0.2) is 0 Å². The fourth-order valence-electron chi connectivity index (χ4n) is 2.55. The number of piperidine rings is 1. The Hall–Kier alpha value is -1.56. The minimum absolute atomic E-state index is 0.00428. The molecule has 0 saturated carbocycles. The minimum atomic E-state index is -4.38. The molecular formula is C15H19F3N2O. The topological polar surface area (TPSA) is 32.3 Å². The number of nitrogens with one attached hydrogen (secondary N) is 1. The van der Waals surface area contributed by atoms with Crippen LogP contribution in [0.25, 0.3) is 0 Å². The third-order valence-electron chi connectivity index (χ3n) is 3.54. The molecule has 0 aromatic heterocycles. The fourth-order valence-corrected chi connectivity index (χ4v) is 2.55. The van der Waals surface area contributed by atoms with Gasteiger partial charge in [0.25, 0.3) is 0 Å². The second-order valence-corrected chi connectivity index (χ2v) is 5.34. The van der Waals surface area contributed by atoms with Crippen molar-refractivity contribution in [2.75, 3.05) is 19.6 Å². The van der Waals surface area contributed by atoms with E-state index in [9.17, 15) is 18.0 Å². The zero-order valence-corrected chi connectivity index (χ0v) is 11.7. The van der Waals surface area contributed by atoms with E-state index in [1.54, 1.807) is 30.3 Å². The third kappa shape index (κ3) is 5.04. The van der Waals surface area contributed by atoms with E-state index in [0.717, 1.165) is 17.9 Å². The van der Waals surface area contributed by atoms with E-state index >= 15 is 0 Å². The van der Waals surface area contributed by atoms with Crippen molar-refractivity contribution < 1.29 is 18.0 Å². The summed E-state index contributed by atoms with van der Waals surface area (Å²) >= 11 is 0. The summed E-state index contributed by atoms with van der Waals surface area (Å²) in [5.74, 6) is -0.770. The first-order valence-electron chi connectivity index (χ1n) is 7.06. The molecule has 1 fully saturated rings. The van der Waals surface area contributed by atoms with Crippen LogP contribution in [0.2, 0.25) is 0 Å². The van der Waals surface area contributed by atoms with Crippen molar-refractivity contribution in [3.05, 3.63) is 35.9 Å². The van der Waals surface area contributed by atoms with Crippen LogP contribution in [0.3, 0.4) is 0 Å². The Morgan fingerprint density at radius 3 is 2.57 bits per heavy atom. The van der Waals surface area contributed by atoms with Crippen LogP contribution in [0.15, 0.2) is 30.3 Å². The largest absolute Gasteiger partial charge is 0.406 e. The average molecular weight is 300 g/mol. The molecule has 1 N–H and O–H groups in total. The van der Waals surface area contributed by atoms with Crippen molar-refractivity contribution >= 4 is 5.91 Å². The molecular weight excluding hydrogens is 281 g/mol. The summed E-state index contributed by atoms with van der Waals surface area (Å²) in [5, 5.41) is 3.07. The highest BCUT2D eigenvalue weighted by molar-refractivity contribution is 5.79. The van der Waals surface area contributed by atoms with Gasteiger partial charge in [0.05, 0.1) is 5.92 Å². The number of carbonyl (C=O) groups is 1. The van der Waals surface area contributed by atoms with E-state index in [2.05, 4.69) is 5.32 Å². The maximum atomic E-state index is 12.7. The normalized spacial score (nSPS) is 19.3. The maximum Gasteiger partial charge on any atom is 0.406 e. The molecule has 1 atom stereocenters. The number of nitrogens with zero attached hydrogens (tertiary/aromatic N) is 1. The first-order chi connectivity index (χ1) is 9.96. The molecule has 1 aliphatic rings. The number of hydrogen-bond donors (Lipinski definition) is 1. The second kappa shape index (κ2) is 6.93. The molecule has 1 aromatic rings. The van der Waals surface area contributed by atoms with E-state index in [-0.39, 0.29) is 12.5 Å². The van der Waals surface area contributed by atoms with Gasteiger partial charge in [0.2, 0.25) is 5.91 Å². The quantitative estimate of drug-likeness (QED) is 0.927. The summed E-state index contributed by atoms with van der Waals surface area (Å²) in [6.45, 7) is 0.0800. The lowest BCUT2D eigenvalue weighted by Crippen LogP contribution is -2.46. The van der Waals surface area contributed by atoms with Crippen LogP contribution in [-0.2, 0) is 11.3 Å². The lowest BCUT2D eigenvalue weighted by Gasteiger charge is -2.30. The molecule has 1 saturated heterocycles. The van der Waals surface area contributed by atoms with Crippen LogP contribution in [0.4, 0.5) is 13.2 Å². The summed E-state index contributed by atoms with van der Waals surface area (Å²) in [4.78, 5) is 13.3. The molecule has 1 aromatic carbocycles. The van der Waals surface area contributed by atoms with Crippen molar-refractivity contribution in [2.24, 2.45) is 5.92 Å². The molecule has 116 valence electrons. The van der Waals surface area contributed by atoms with Gasteiger partial charge in [-0.1, -0.05) is 30.3 Å². The number of benzene rings is 1. The Bertz CT molecular complexity index is 456. The zero-order valence-electron chi connectivity index (χ0n) is 11.7. The fraction of sp³-hybridized carbons (Fsp3) is 0.533. The molecule has 3 nitrogen and oxygen atoms in total. The molecule has 1 amide bonds. The second-order valence-electron chi connectivity index (χ2n) is 5.34. The van der Waals surface area contributed by atoms with Crippen LogP contribution < -0.4 is 5.32 Å². The van der Waals surface area contributed by atoms with Crippen LogP contribution in [0.5, 0.6) is 0 Å². The zero-order chi connectivity index (χ0) is 15.3. The average Bonchev–Trinajstić information content (AvgIpc) is 2.46. The summed E-state index contributed by atoms with van der Waals surface area (Å²) in [7, 11) is 0. The minimum Gasteiger partial charge on any atom is -0.329 e. The Balaban J connectivity index is 2.09. The number of carbonyl (C=O) groups excluding carboxylic acids is 1. The van der Waals surface area contributed by atoms with Gasteiger partial charge in [-0.2, -0.15) is 13.2 Å². The highest BCUT2D eigenvalue weighted by atomic mass is 19.4. The standard InChI is InChI=1S/C15H19F3N2O/c16-15(17,18)11-20(10-12-5-2-1-3-6-12)14(21)13-7-4-8-19-9-13/h1-3,5-6,13,19H,4,7-11H2/t13-/m1/s1.